The Labute approximate surface area is 535 Å². The zero-order chi connectivity index (χ0) is 63.3. The Kier molecular flexibility index (Phi) is 25.8. The van der Waals surface area contributed by atoms with Crippen LogP contribution in [0.4, 0.5) is 15.3 Å². The van der Waals surface area contributed by atoms with Gasteiger partial charge in [0.2, 0.25) is 0 Å². The number of alkyl carbamates (subject to hydrolysis) is 2. The molecule has 468 valence electrons. The molecule has 22 nitrogen and oxygen atoms in total. The summed E-state index contributed by atoms with van der Waals surface area (Å²) in [4.78, 5) is 80.5. The zero-order valence-corrected chi connectivity index (χ0v) is 52.9. The van der Waals surface area contributed by atoms with E-state index in [1.807, 2.05) is 26.0 Å². The molecule has 7 rings (SSSR count). The summed E-state index contributed by atoms with van der Waals surface area (Å²) < 4.78 is 25.4. The predicted molar refractivity (Wildman–Crippen MR) is 339 cm³/mol. The largest absolute Gasteiger partial charge is 0.482 e. The number of allylic oxidation sites excluding steroid dienone is 4. The first kappa shape index (κ1) is 67.7. The van der Waals surface area contributed by atoms with Crippen LogP contribution in [0.1, 0.15) is 103 Å². The lowest BCUT2D eigenvalue weighted by Gasteiger charge is -2.34. The SMILES string of the molecule is C=C(C)C(=O)c1ccc(OCC(=O)NCCCn2cc(CNC(=O)OCCCN3C=CC(CC4SC(=C)C(=CC)N4CCCOC(=O)NCc4cn(CCCNC(=O)COc5ccc(C(=O)C(=C)CC)c(Cl)c5Cl)nn4)c4ccccc43)nn2)c(Cl)c1Cl. The van der Waals surface area contributed by atoms with Crippen molar-refractivity contribution >= 4 is 99.4 Å². The average Bonchev–Trinajstić information content (AvgIpc) is 1.75. The molecule has 5 aromatic rings. The second-order valence-corrected chi connectivity index (χ2v) is 23.1. The van der Waals surface area contributed by atoms with Crippen LogP contribution in [0.15, 0.2) is 121 Å². The Morgan fingerprint density at radius 2 is 1.22 bits per heavy atom. The molecule has 4 heterocycles. The lowest BCUT2D eigenvalue weighted by Crippen LogP contribution is -2.32. The van der Waals surface area contributed by atoms with Crippen molar-refractivity contribution in [1.82, 2.24) is 56.2 Å². The van der Waals surface area contributed by atoms with Crippen LogP contribution >= 0.6 is 58.2 Å². The van der Waals surface area contributed by atoms with Gasteiger partial charge in [0.1, 0.15) is 32.9 Å². The van der Waals surface area contributed by atoms with E-state index >= 15 is 0 Å². The van der Waals surface area contributed by atoms with E-state index in [0.29, 0.717) is 93.9 Å². The maximum Gasteiger partial charge on any atom is 0.407 e. The van der Waals surface area contributed by atoms with Crippen molar-refractivity contribution in [2.45, 2.75) is 96.8 Å². The number of rotatable bonds is 33. The Bertz CT molecular complexity index is 3440. The van der Waals surface area contributed by atoms with E-state index in [1.54, 1.807) is 40.4 Å². The highest BCUT2D eigenvalue weighted by atomic mass is 35.5. The van der Waals surface area contributed by atoms with Gasteiger partial charge in [-0.05, 0) is 99.4 Å². The van der Waals surface area contributed by atoms with Crippen LogP contribution in [-0.4, -0.2) is 128 Å². The third kappa shape index (κ3) is 19.1. The van der Waals surface area contributed by atoms with Crippen molar-refractivity contribution in [3.8, 4) is 11.5 Å². The lowest BCUT2D eigenvalue weighted by molar-refractivity contribution is -0.123. The maximum atomic E-state index is 12.7. The van der Waals surface area contributed by atoms with E-state index in [9.17, 15) is 28.8 Å². The molecule has 0 saturated carbocycles. The van der Waals surface area contributed by atoms with Crippen LogP contribution in [0.3, 0.4) is 0 Å². The summed E-state index contributed by atoms with van der Waals surface area (Å²) >= 11 is 26.9. The molecule has 3 aromatic carbocycles. The van der Waals surface area contributed by atoms with E-state index in [1.165, 1.54) is 29.8 Å². The topological polar surface area (TPSA) is 255 Å². The summed E-state index contributed by atoms with van der Waals surface area (Å²) in [5, 5.41) is 27.7. The number of aryl methyl sites for hydroxylation is 2. The number of nitrogens with one attached hydrogen (secondary N) is 4. The van der Waals surface area contributed by atoms with Gasteiger partial charge in [-0.15, -0.1) is 10.2 Å². The number of thioether (sulfide) groups is 1. The average molecular weight is 1310 g/mol. The van der Waals surface area contributed by atoms with E-state index in [2.05, 4.69) is 102 Å². The van der Waals surface area contributed by atoms with Crippen molar-refractivity contribution in [1.29, 1.82) is 0 Å². The summed E-state index contributed by atoms with van der Waals surface area (Å²) in [5.74, 6) is -0.925. The lowest BCUT2D eigenvalue weighted by atomic mass is 9.90. The van der Waals surface area contributed by atoms with Gasteiger partial charge in [0, 0.05) is 78.8 Å². The van der Waals surface area contributed by atoms with Crippen LogP contribution < -0.4 is 35.6 Å². The summed E-state index contributed by atoms with van der Waals surface area (Å²) in [7, 11) is 0. The van der Waals surface area contributed by atoms with Gasteiger partial charge < -0.3 is 50.0 Å². The predicted octanol–water partition coefficient (Wildman–Crippen LogP) is 10.8. The van der Waals surface area contributed by atoms with Crippen LogP contribution in [0, 0.1) is 0 Å². The summed E-state index contributed by atoms with van der Waals surface area (Å²) in [6.07, 6.45) is 12.2. The molecule has 0 bridgehead atoms. The molecule has 2 aliphatic heterocycles. The number of aromatic nitrogens is 6. The normalized spacial score (nSPS) is 14.7. The number of carbonyl (C=O) groups excluding carboxylic acids is 6. The molecule has 27 heteroatoms. The Morgan fingerprint density at radius 3 is 1.75 bits per heavy atom. The van der Waals surface area contributed by atoms with Gasteiger partial charge in [0.05, 0.1) is 54.1 Å². The van der Waals surface area contributed by atoms with Crippen LogP contribution in [0.25, 0.3) is 0 Å². The van der Waals surface area contributed by atoms with E-state index < -0.39 is 12.2 Å². The molecular weight excluding hydrogens is 1230 g/mol. The number of Topliss-reactive ketones (excluding diaryl/α,β-unsaturated/α-hetero) is 2. The minimum Gasteiger partial charge on any atom is -0.482 e. The van der Waals surface area contributed by atoms with Crippen molar-refractivity contribution in [3.63, 3.8) is 0 Å². The summed E-state index contributed by atoms with van der Waals surface area (Å²) in [6.45, 7) is 20.0. The summed E-state index contributed by atoms with van der Waals surface area (Å²) in [6, 6.07) is 14.3. The monoisotopic (exact) mass is 1300 g/mol. The van der Waals surface area contributed by atoms with Gasteiger partial charge in [-0.2, -0.15) is 0 Å². The molecule has 4 amide bonds. The molecule has 0 radical (unpaired) electrons. The van der Waals surface area contributed by atoms with Gasteiger partial charge in [-0.1, -0.05) is 126 Å². The molecule has 88 heavy (non-hydrogen) atoms. The second-order valence-electron chi connectivity index (χ2n) is 20.3. The van der Waals surface area contributed by atoms with E-state index in [-0.39, 0.29) is 117 Å². The van der Waals surface area contributed by atoms with Crippen molar-refractivity contribution in [2.75, 3.05) is 57.5 Å². The molecule has 2 atom stereocenters. The fourth-order valence-corrected chi connectivity index (χ4v) is 11.5. The molecule has 0 aliphatic carbocycles. The number of hydrogen-bond acceptors (Lipinski definition) is 17. The number of carbonyl (C=O) groups is 6. The number of ketones is 2. The highest BCUT2D eigenvalue weighted by Crippen LogP contribution is 2.47. The number of halogens is 4. The maximum absolute atomic E-state index is 12.7. The van der Waals surface area contributed by atoms with E-state index in [4.69, 9.17) is 65.4 Å². The van der Waals surface area contributed by atoms with Gasteiger partial charge in [-0.25, -0.2) is 9.59 Å². The number of nitrogens with zero attached hydrogens (tertiary/aromatic N) is 8. The molecule has 0 spiro atoms. The molecule has 4 N–H and O–H groups in total. The molecular formula is C61H70Cl4N12O10S. The molecule has 1 saturated heterocycles. The number of amides is 4. The number of benzene rings is 3. The number of hydrogen-bond donors (Lipinski definition) is 4. The number of ether oxygens (including phenoxy) is 4. The first-order valence-electron chi connectivity index (χ1n) is 28.4. The smallest absolute Gasteiger partial charge is 0.407 e. The number of fused-ring (bicyclic) bond motifs is 1. The molecule has 2 aromatic heterocycles. The minimum absolute atomic E-state index is 0.0256. The second kappa shape index (κ2) is 33.5. The fourth-order valence-electron chi connectivity index (χ4n) is 9.27. The standard InChI is InChI=1S/C61H70Cl4N12O10S/c1-7-39(5)59(81)46-18-20-50(57(65)55(46)63)87-37-52(79)67-23-12-26-76-35-43(71-73-76)33-69-61(83)85-30-14-27-77-47(8-2)40(6)88-53(77)31-41-21-28-74(48-16-10-9-15-44(41)48)24-13-29-84-60(82)68-32-42-34-75(72-70-42)25-11-22-66-51(78)36-86-49-19-17-45(54(62)56(49)64)58(80)38(3)4/h8-10,15-21,28,34-35,41,53H,3,5-7,11-14,22-27,29-33,36-37H2,1-2,4H3,(H,66,78)(H,67,79)(H,68,82)(H,69,83). The zero-order valence-electron chi connectivity index (χ0n) is 49.1. The van der Waals surface area contributed by atoms with Crippen molar-refractivity contribution in [2.24, 2.45) is 0 Å². The highest BCUT2D eigenvalue weighted by Gasteiger charge is 2.34. The number of para-hydroxylation sites is 1. The fraction of sp³-hybridized carbons (Fsp3) is 0.377. The number of anilines is 1. The van der Waals surface area contributed by atoms with Gasteiger partial charge in [0.25, 0.3) is 11.8 Å². The summed E-state index contributed by atoms with van der Waals surface area (Å²) in [5.41, 5.74) is 5.55. The van der Waals surface area contributed by atoms with Crippen LogP contribution in [0.5, 0.6) is 11.5 Å². The Hall–Kier alpha value is -7.83. The molecule has 2 aliphatic rings. The van der Waals surface area contributed by atoms with Gasteiger partial charge >= 0.3 is 12.2 Å². The Morgan fingerprint density at radius 1 is 0.682 bits per heavy atom. The van der Waals surface area contributed by atoms with E-state index in [0.717, 1.165) is 22.7 Å². The highest BCUT2D eigenvalue weighted by molar-refractivity contribution is 8.04. The first-order valence-corrected chi connectivity index (χ1v) is 30.8. The molecule has 2 unspecified atom stereocenters. The van der Waals surface area contributed by atoms with Gasteiger partial charge in [0.15, 0.2) is 24.8 Å². The molecule has 1 fully saturated rings. The van der Waals surface area contributed by atoms with Crippen LogP contribution in [-0.2, 0) is 45.2 Å². The minimum atomic E-state index is -0.572. The van der Waals surface area contributed by atoms with Crippen molar-refractivity contribution in [3.05, 3.63) is 169 Å². The quantitative estimate of drug-likeness (QED) is 0.0173. The Balaban J connectivity index is 0.745. The third-order valence-corrected chi connectivity index (χ3v) is 16.8. The third-order valence-electron chi connectivity index (χ3n) is 13.9. The van der Waals surface area contributed by atoms with Crippen LogP contribution in [0.2, 0.25) is 20.1 Å². The van der Waals surface area contributed by atoms with Gasteiger partial charge in [-0.3, -0.25) is 28.5 Å². The first-order chi connectivity index (χ1) is 42.3. The van der Waals surface area contributed by atoms with Crippen molar-refractivity contribution < 1.29 is 47.7 Å².